The molecule has 1 atom stereocenters. The predicted molar refractivity (Wildman–Crippen MR) is 95.7 cm³/mol. The lowest BCUT2D eigenvalue weighted by Crippen LogP contribution is -2.47. The Morgan fingerprint density at radius 1 is 1.08 bits per heavy atom. The highest BCUT2D eigenvalue weighted by Gasteiger charge is 2.16. The highest BCUT2D eigenvalue weighted by molar-refractivity contribution is 9.10. The second-order valence-corrected chi connectivity index (χ2v) is 6.04. The van der Waals surface area contributed by atoms with Crippen LogP contribution in [0.1, 0.15) is 29.8 Å². The van der Waals surface area contributed by atoms with E-state index in [-0.39, 0.29) is 0 Å². The molecule has 126 valence electrons. The number of carbonyl (C=O) groups is 2. The maximum absolute atomic E-state index is 12.0. The van der Waals surface area contributed by atoms with Crippen molar-refractivity contribution in [2.24, 2.45) is 0 Å². The second-order valence-electron chi connectivity index (χ2n) is 5.18. The lowest BCUT2D eigenvalue weighted by Gasteiger charge is -2.15. The summed E-state index contributed by atoms with van der Waals surface area (Å²) >= 11 is 3.29. The van der Waals surface area contributed by atoms with Crippen LogP contribution in [0, 0.1) is 0 Å². The predicted octanol–water partition coefficient (Wildman–Crippen LogP) is 3.24. The third kappa shape index (κ3) is 4.83. The van der Waals surface area contributed by atoms with Gasteiger partial charge in [-0.2, -0.15) is 0 Å². The van der Waals surface area contributed by atoms with Gasteiger partial charge in [-0.1, -0.05) is 31.2 Å². The Morgan fingerprint density at radius 2 is 1.75 bits per heavy atom. The van der Waals surface area contributed by atoms with Crippen molar-refractivity contribution in [3.8, 4) is 5.75 Å². The van der Waals surface area contributed by atoms with E-state index in [1.807, 2.05) is 24.3 Å². The van der Waals surface area contributed by atoms with Gasteiger partial charge in [-0.25, -0.2) is 0 Å². The molecule has 0 saturated carbocycles. The first-order chi connectivity index (χ1) is 11.5. The van der Waals surface area contributed by atoms with Crippen LogP contribution in [0.3, 0.4) is 0 Å². The standard InChI is InChI=1S/C18H19BrN2O3/c1-3-13-8-10-14(11-9-13)24-12(2)17(22)20-21-18(23)15-6-4-5-7-16(15)19/h4-12H,3H2,1-2H3,(H,20,22)(H,21,23). The molecule has 0 aromatic heterocycles. The first kappa shape index (κ1) is 18.0. The van der Waals surface area contributed by atoms with E-state index in [0.29, 0.717) is 15.8 Å². The van der Waals surface area contributed by atoms with E-state index in [2.05, 4.69) is 33.7 Å². The van der Waals surface area contributed by atoms with Crippen molar-refractivity contribution in [1.82, 2.24) is 10.9 Å². The van der Waals surface area contributed by atoms with Crippen LogP contribution in [0.15, 0.2) is 53.0 Å². The number of halogens is 1. The molecule has 0 fully saturated rings. The molecular weight excluding hydrogens is 372 g/mol. The Labute approximate surface area is 149 Å². The minimum absolute atomic E-state index is 0.407. The molecule has 2 rings (SSSR count). The van der Waals surface area contributed by atoms with E-state index in [4.69, 9.17) is 4.74 Å². The van der Waals surface area contributed by atoms with Gasteiger partial charge in [0, 0.05) is 4.47 Å². The van der Waals surface area contributed by atoms with E-state index in [0.717, 1.165) is 6.42 Å². The molecule has 0 saturated heterocycles. The number of amides is 2. The molecule has 0 bridgehead atoms. The van der Waals surface area contributed by atoms with Crippen molar-refractivity contribution in [1.29, 1.82) is 0 Å². The summed E-state index contributed by atoms with van der Waals surface area (Å²) in [6, 6.07) is 14.5. The van der Waals surface area contributed by atoms with Crippen LogP contribution in [0.2, 0.25) is 0 Å². The summed E-state index contributed by atoms with van der Waals surface area (Å²) in [7, 11) is 0. The Balaban J connectivity index is 1.87. The molecule has 1 unspecified atom stereocenters. The third-order valence-corrected chi connectivity index (χ3v) is 4.12. The molecule has 2 amide bonds. The van der Waals surface area contributed by atoms with Crippen LogP contribution in [-0.4, -0.2) is 17.9 Å². The summed E-state index contributed by atoms with van der Waals surface area (Å²) in [4.78, 5) is 24.1. The van der Waals surface area contributed by atoms with Gasteiger partial charge in [-0.15, -0.1) is 0 Å². The number of ether oxygens (including phenoxy) is 1. The van der Waals surface area contributed by atoms with Gasteiger partial charge in [0.1, 0.15) is 5.75 Å². The molecular formula is C18H19BrN2O3. The van der Waals surface area contributed by atoms with Gasteiger partial charge in [-0.05, 0) is 59.1 Å². The minimum atomic E-state index is -0.739. The average molecular weight is 391 g/mol. The van der Waals surface area contributed by atoms with Crippen LogP contribution >= 0.6 is 15.9 Å². The summed E-state index contributed by atoms with van der Waals surface area (Å²) < 4.78 is 6.21. The van der Waals surface area contributed by atoms with E-state index < -0.39 is 17.9 Å². The van der Waals surface area contributed by atoms with Crippen LogP contribution in [0.25, 0.3) is 0 Å². The number of hydrogen-bond acceptors (Lipinski definition) is 3. The molecule has 0 aliphatic rings. The average Bonchev–Trinajstić information content (AvgIpc) is 2.60. The quantitative estimate of drug-likeness (QED) is 0.770. The summed E-state index contributed by atoms with van der Waals surface area (Å²) in [6.07, 6.45) is 0.203. The van der Waals surface area contributed by atoms with Crippen molar-refractivity contribution in [2.75, 3.05) is 0 Å². The number of aryl methyl sites for hydroxylation is 1. The first-order valence-electron chi connectivity index (χ1n) is 7.61. The molecule has 0 aliphatic heterocycles. The molecule has 0 radical (unpaired) electrons. The lowest BCUT2D eigenvalue weighted by atomic mass is 10.2. The maximum atomic E-state index is 12.0. The molecule has 2 aromatic rings. The fourth-order valence-corrected chi connectivity index (χ4v) is 2.46. The zero-order chi connectivity index (χ0) is 17.5. The number of carbonyl (C=O) groups excluding carboxylic acids is 2. The van der Waals surface area contributed by atoms with E-state index >= 15 is 0 Å². The van der Waals surface area contributed by atoms with Crippen LogP contribution in [0.4, 0.5) is 0 Å². The zero-order valence-corrected chi connectivity index (χ0v) is 15.1. The molecule has 0 spiro atoms. The first-order valence-corrected chi connectivity index (χ1v) is 8.41. The number of hydrazine groups is 1. The van der Waals surface area contributed by atoms with Crippen molar-refractivity contribution in [3.63, 3.8) is 0 Å². The van der Waals surface area contributed by atoms with Crippen molar-refractivity contribution >= 4 is 27.7 Å². The molecule has 0 heterocycles. The largest absolute Gasteiger partial charge is 0.481 e. The topological polar surface area (TPSA) is 67.4 Å². The van der Waals surface area contributed by atoms with Crippen LogP contribution < -0.4 is 15.6 Å². The van der Waals surface area contributed by atoms with Gasteiger partial charge in [0.25, 0.3) is 11.8 Å². The van der Waals surface area contributed by atoms with Gasteiger partial charge in [-0.3, -0.25) is 20.4 Å². The van der Waals surface area contributed by atoms with E-state index in [1.165, 1.54) is 5.56 Å². The van der Waals surface area contributed by atoms with Crippen molar-refractivity contribution in [3.05, 3.63) is 64.1 Å². The third-order valence-electron chi connectivity index (χ3n) is 3.43. The Hall–Kier alpha value is -2.34. The number of rotatable bonds is 5. The molecule has 24 heavy (non-hydrogen) atoms. The SMILES string of the molecule is CCc1ccc(OC(C)C(=O)NNC(=O)c2ccccc2Br)cc1. The summed E-state index contributed by atoms with van der Waals surface area (Å²) in [5, 5.41) is 0. The number of benzene rings is 2. The zero-order valence-electron chi connectivity index (χ0n) is 13.5. The number of nitrogens with one attached hydrogen (secondary N) is 2. The summed E-state index contributed by atoms with van der Waals surface area (Å²) in [5.74, 6) is -0.239. The molecule has 6 heteroatoms. The Kier molecular flexibility index (Phi) is 6.37. The lowest BCUT2D eigenvalue weighted by molar-refractivity contribution is -0.128. The molecule has 2 N–H and O–H groups in total. The van der Waals surface area contributed by atoms with Crippen molar-refractivity contribution < 1.29 is 14.3 Å². The van der Waals surface area contributed by atoms with Gasteiger partial charge in [0.05, 0.1) is 5.56 Å². The fraction of sp³-hybridized carbons (Fsp3) is 0.222. The van der Waals surface area contributed by atoms with Gasteiger partial charge < -0.3 is 4.74 Å². The molecule has 2 aromatic carbocycles. The van der Waals surface area contributed by atoms with Gasteiger partial charge >= 0.3 is 0 Å². The molecule has 0 aliphatic carbocycles. The highest BCUT2D eigenvalue weighted by Crippen LogP contribution is 2.16. The monoisotopic (exact) mass is 390 g/mol. The van der Waals surface area contributed by atoms with Crippen LogP contribution in [-0.2, 0) is 11.2 Å². The van der Waals surface area contributed by atoms with Crippen LogP contribution in [0.5, 0.6) is 5.75 Å². The fourth-order valence-electron chi connectivity index (χ4n) is 1.99. The maximum Gasteiger partial charge on any atom is 0.279 e. The molecule has 5 nitrogen and oxygen atoms in total. The Morgan fingerprint density at radius 3 is 2.38 bits per heavy atom. The smallest absolute Gasteiger partial charge is 0.279 e. The highest BCUT2D eigenvalue weighted by atomic mass is 79.9. The van der Waals surface area contributed by atoms with E-state index in [1.54, 1.807) is 31.2 Å². The number of hydrogen-bond donors (Lipinski definition) is 2. The van der Waals surface area contributed by atoms with Gasteiger partial charge in [0.2, 0.25) is 0 Å². The summed E-state index contributed by atoms with van der Waals surface area (Å²) in [5.41, 5.74) is 6.37. The van der Waals surface area contributed by atoms with E-state index in [9.17, 15) is 9.59 Å². The second kappa shape index (κ2) is 8.49. The summed E-state index contributed by atoms with van der Waals surface area (Å²) in [6.45, 7) is 3.69. The van der Waals surface area contributed by atoms with Gasteiger partial charge in [0.15, 0.2) is 6.10 Å². The normalized spacial score (nSPS) is 11.5. The Bertz CT molecular complexity index is 716. The van der Waals surface area contributed by atoms with Crippen molar-refractivity contribution in [2.45, 2.75) is 26.4 Å². The minimum Gasteiger partial charge on any atom is -0.481 e.